The Hall–Kier alpha value is -2.66. The summed E-state index contributed by atoms with van der Waals surface area (Å²) in [7, 11) is 0. The third kappa shape index (κ3) is 4.67. The van der Waals surface area contributed by atoms with Crippen LogP contribution >= 0.6 is 11.6 Å². The average Bonchev–Trinajstić information content (AvgIpc) is 3.04. The van der Waals surface area contributed by atoms with Crippen molar-refractivity contribution in [3.8, 4) is 0 Å². The van der Waals surface area contributed by atoms with Crippen molar-refractivity contribution in [2.45, 2.75) is 19.8 Å². The first-order chi connectivity index (χ1) is 12.1. The van der Waals surface area contributed by atoms with E-state index in [9.17, 15) is 4.79 Å². The molecule has 6 heteroatoms. The number of carbonyl (C=O) groups excluding carboxylic acids is 1. The van der Waals surface area contributed by atoms with Gasteiger partial charge in [0.15, 0.2) is 5.82 Å². The lowest BCUT2D eigenvalue weighted by atomic mass is 10.1. The van der Waals surface area contributed by atoms with Gasteiger partial charge in [-0.15, -0.1) is 0 Å². The molecule has 1 aromatic heterocycles. The van der Waals surface area contributed by atoms with Crippen LogP contribution in [0.25, 0.3) is 0 Å². The highest BCUT2D eigenvalue weighted by Crippen LogP contribution is 2.14. The van der Waals surface area contributed by atoms with Crippen molar-refractivity contribution in [2.75, 3.05) is 6.54 Å². The van der Waals surface area contributed by atoms with Crippen LogP contribution in [0.5, 0.6) is 0 Å². The van der Waals surface area contributed by atoms with E-state index >= 15 is 0 Å². The van der Waals surface area contributed by atoms with E-state index in [0.29, 0.717) is 35.8 Å². The largest absolute Gasteiger partial charge is 0.352 e. The number of benzene rings is 2. The minimum absolute atomic E-state index is 0.194. The van der Waals surface area contributed by atoms with Crippen LogP contribution in [0.4, 0.5) is 0 Å². The van der Waals surface area contributed by atoms with Crippen molar-refractivity contribution in [1.29, 1.82) is 0 Å². The van der Waals surface area contributed by atoms with Gasteiger partial charge in [-0.3, -0.25) is 9.89 Å². The van der Waals surface area contributed by atoms with Gasteiger partial charge in [0.2, 0.25) is 0 Å². The van der Waals surface area contributed by atoms with Gasteiger partial charge in [-0.05, 0) is 24.6 Å². The number of aryl methyl sites for hydroxylation is 1. The number of amides is 1. The Balaban J connectivity index is 1.51. The molecule has 2 aromatic carbocycles. The van der Waals surface area contributed by atoms with Gasteiger partial charge in [0.25, 0.3) is 5.91 Å². The van der Waals surface area contributed by atoms with E-state index in [2.05, 4.69) is 51.7 Å². The summed E-state index contributed by atoms with van der Waals surface area (Å²) in [4.78, 5) is 16.6. The predicted molar refractivity (Wildman–Crippen MR) is 97.9 cm³/mol. The molecule has 0 atom stereocenters. The minimum atomic E-state index is -0.194. The van der Waals surface area contributed by atoms with Gasteiger partial charge in [-0.2, -0.15) is 5.10 Å². The lowest BCUT2D eigenvalue weighted by Gasteiger charge is -2.05. The van der Waals surface area contributed by atoms with Gasteiger partial charge in [0.05, 0.1) is 10.6 Å². The summed E-state index contributed by atoms with van der Waals surface area (Å²) >= 11 is 6.01. The minimum Gasteiger partial charge on any atom is -0.352 e. The zero-order valence-electron chi connectivity index (χ0n) is 13.9. The number of rotatable bonds is 6. The molecule has 0 saturated carbocycles. The molecule has 0 unspecified atom stereocenters. The molecule has 3 aromatic rings. The number of halogens is 1. The number of aromatic nitrogens is 3. The van der Waals surface area contributed by atoms with E-state index in [1.54, 1.807) is 24.3 Å². The van der Waals surface area contributed by atoms with Crippen molar-refractivity contribution in [1.82, 2.24) is 20.5 Å². The zero-order valence-corrected chi connectivity index (χ0v) is 14.7. The first-order valence-electron chi connectivity index (χ1n) is 8.10. The van der Waals surface area contributed by atoms with E-state index in [1.165, 1.54) is 11.1 Å². The first-order valence-corrected chi connectivity index (χ1v) is 8.48. The Morgan fingerprint density at radius 3 is 2.68 bits per heavy atom. The van der Waals surface area contributed by atoms with E-state index in [1.807, 2.05) is 0 Å². The normalized spacial score (nSPS) is 10.6. The molecule has 128 valence electrons. The molecule has 0 aliphatic carbocycles. The Bertz CT molecular complexity index is 858. The Morgan fingerprint density at radius 2 is 1.92 bits per heavy atom. The van der Waals surface area contributed by atoms with Crippen LogP contribution < -0.4 is 5.32 Å². The van der Waals surface area contributed by atoms with Crippen LogP contribution in [0.1, 0.15) is 33.1 Å². The number of nitrogens with one attached hydrogen (secondary N) is 2. The Labute approximate surface area is 151 Å². The van der Waals surface area contributed by atoms with Crippen molar-refractivity contribution in [3.63, 3.8) is 0 Å². The van der Waals surface area contributed by atoms with E-state index in [-0.39, 0.29) is 5.91 Å². The van der Waals surface area contributed by atoms with Gasteiger partial charge < -0.3 is 5.32 Å². The van der Waals surface area contributed by atoms with Crippen LogP contribution in [0, 0.1) is 6.92 Å². The van der Waals surface area contributed by atoms with Crippen LogP contribution in [-0.4, -0.2) is 27.6 Å². The van der Waals surface area contributed by atoms with Gasteiger partial charge in [0.1, 0.15) is 5.82 Å². The number of nitrogens with zero attached hydrogens (tertiary/aromatic N) is 2. The van der Waals surface area contributed by atoms with Crippen LogP contribution in [0.2, 0.25) is 5.02 Å². The fraction of sp³-hybridized carbons (Fsp3) is 0.211. The summed E-state index contributed by atoms with van der Waals surface area (Å²) in [6.45, 7) is 2.51. The molecule has 2 N–H and O–H groups in total. The fourth-order valence-electron chi connectivity index (χ4n) is 2.45. The Morgan fingerprint density at radius 1 is 1.16 bits per heavy atom. The highest BCUT2D eigenvalue weighted by molar-refractivity contribution is 6.33. The average molecular weight is 355 g/mol. The van der Waals surface area contributed by atoms with Gasteiger partial charge >= 0.3 is 0 Å². The number of hydrogen-bond acceptors (Lipinski definition) is 3. The molecule has 1 amide bonds. The maximum absolute atomic E-state index is 12.1. The summed E-state index contributed by atoms with van der Waals surface area (Å²) in [5.74, 6) is 1.30. The molecule has 0 spiro atoms. The number of H-pyrrole nitrogens is 1. The summed E-state index contributed by atoms with van der Waals surface area (Å²) in [6.07, 6.45) is 1.26. The predicted octanol–water partition coefficient (Wildman–Crippen LogP) is 3.33. The SMILES string of the molecule is Cc1ccc(Cc2nc(CCNC(=O)c3ccccc3Cl)n[nH]2)cc1. The topological polar surface area (TPSA) is 70.7 Å². The van der Waals surface area contributed by atoms with Crippen LogP contribution in [0.3, 0.4) is 0 Å². The molecule has 1 heterocycles. The smallest absolute Gasteiger partial charge is 0.252 e. The third-order valence-corrected chi connectivity index (χ3v) is 4.15. The first kappa shape index (κ1) is 17.2. The molecule has 0 fully saturated rings. The second kappa shape index (κ2) is 7.94. The lowest BCUT2D eigenvalue weighted by molar-refractivity contribution is 0.0954. The Kier molecular flexibility index (Phi) is 5.46. The monoisotopic (exact) mass is 354 g/mol. The highest BCUT2D eigenvalue weighted by atomic mass is 35.5. The standard InChI is InChI=1S/C19H19ClN4O/c1-13-6-8-14(9-7-13)12-18-22-17(23-24-18)10-11-21-19(25)15-4-2-3-5-16(15)20/h2-9H,10-12H2,1H3,(H,21,25)(H,22,23,24). The quantitative estimate of drug-likeness (QED) is 0.713. The summed E-state index contributed by atoms with van der Waals surface area (Å²) in [5, 5.41) is 10.4. The van der Waals surface area contributed by atoms with Crippen molar-refractivity contribution in [3.05, 3.63) is 81.9 Å². The summed E-state index contributed by atoms with van der Waals surface area (Å²) in [5.41, 5.74) is 2.89. The molecule has 0 aliphatic rings. The molecule has 3 rings (SSSR count). The number of aromatic amines is 1. The molecule has 0 saturated heterocycles. The summed E-state index contributed by atoms with van der Waals surface area (Å²) < 4.78 is 0. The molecular formula is C19H19ClN4O. The molecule has 0 bridgehead atoms. The maximum atomic E-state index is 12.1. The van der Waals surface area contributed by atoms with E-state index in [4.69, 9.17) is 11.6 Å². The van der Waals surface area contributed by atoms with Gasteiger partial charge in [-0.1, -0.05) is 53.6 Å². The molecule has 25 heavy (non-hydrogen) atoms. The second-order valence-electron chi connectivity index (χ2n) is 5.85. The second-order valence-corrected chi connectivity index (χ2v) is 6.25. The van der Waals surface area contributed by atoms with Crippen molar-refractivity contribution < 1.29 is 4.79 Å². The maximum Gasteiger partial charge on any atom is 0.252 e. The van der Waals surface area contributed by atoms with E-state index < -0.39 is 0 Å². The fourth-order valence-corrected chi connectivity index (χ4v) is 2.67. The van der Waals surface area contributed by atoms with Crippen LogP contribution in [-0.2, 0) is 12.8 Å². The van der Waals surface area contributed by atoms with E-state index in [0.717, 1.165) is 5.82 Å². The number of carbonyl (C=O) groups is 1. The molecular weight excluding hydrogens is 336 g/mol. The van der Waals surface area contributed by atoms with Crippen molar-refractivity contribution >= 4 is 17.5 Å². The molecule has 0 aliphatic heterocycles. The molecule has 0 radical (unpaired) electrons. The summed E-state index contributed by atoms with van der Waals surface area (Å²) in [6, 6.07) is 15.3. The lowest BCUT2D eigenvalue weighted by Crippen LogP contribution is -2.26. The van der Waals surface area contributed by atoms with Gasteiger partial charge in [-0.25, -0.2) is 4.98 Å². The zero-order chi connectivity index (χ0) is 17.6. The molecule has 5 nitrogen and oxygen atoms in total. The van der Waals surface area contributed by atoms with Crippen LogP contribution in [0.15, 0.2) is 48.5 Å². The highest BCUT2D eigenvalue weighted by Gasteiger charge is 2.10. The van der Waals surface area contributed by atoms with Gasteiger partial charge in [0, 0.05) is 19.4 Å². The van der Waals surface area contributed by atoms with Crippen molar-refractivity contribution in [2.24, 2.45) is 0 Å². The number of hydrogen-bond donors (Lipinski definition) is 2. The third-order valence-electron chi connectivity index (χ3n) is 3.82.